The second-order valence-corrected chi connectivity index (χ2v) is 6.97. The summed E-state index contributed by atoms with van der Waals surface area (Å²) >= 11 is 0. The zero-order valence-electron chi connectivity index (χ0n) is 14.2. The fourth-order valence-corrected chi connectivity index (χ4v) is 4.08. The van der Waals surface area contributed by atoms with Crippen LogP contribution in [0.4, 0.5) is 0 Å². The van der Waals surface area contributed by atoms with Crippen molar-refractivity contribution in [2.45, 2.75) is 38.7 Å². The summed E-state index contributed by atoms with van der Waals surface area (Å²) in [5.74, 6) is 0.221. The van der Waals surface area contributed by atoms with Crippen molar-refractivity contribution >= 4 is 5.91 Å². The number of ether oxygens (including phenoxy) is 2. The van der Waals surface area contributed by atoms with E-state index in [4.69, 9.17) is 9.47 Å². The summed E-state index contributed by atoms with van der Waals surface area (Å²) < 4.78 is 11.5. The van der Waals surface area contributed by atoms with E-state index in [-0.39, 0.29) is 17.4 Å². The molecule has 2 heterocycles. The van der Waals surface area contributed by atoms with Crippen molar-refractivity contribution in [3.05, 3.63) is 35.4 Å². The van der Waals surface area contributed by atoms with Crippen LogP contribution in [0.15, 0.2) is 24.3 Å². The van der Waals surface area contributed by atoms with Gasteiger partial charge in [-0.3, -0.25) is 4.79 Å². The number of carbonyl (C=O) groups is 1. The summed E-state index contributed by atoms with van der Waals surface area (Å²) in [6.45, 7) is 5.13. The van der Waals surface area contributed by atoms with Gasteiger partial charge < -0.3 is 14.4 Å². The largest absolute Gasteiger partial charge is 0.384 e. The molecule has 0 spiro atoms. The Labute approximate surface area is 138 Å². The van der Waals surface area contributed by atoms with Crippen molar-refractivity contribution in [1.82, 2.24) is 4.90 Å². The molecule has 23 heavy (non-hydrogen) atoms. The third kappa shape index (κ3) is 3.43. The molecule has 2 aliphatic heterocycles. The molecule has 0 radical (unpaired) electrons. The van der Waals surface area contributed by atoms with Crippen molar-refractivity contribution in [3.63, 3.8) is 0 Å². The number of hydrogen-bond acceptors (Lipinski definition) is 3. The Bertz CT molecular complexity index is 555. The van der Waals surface area contributed by atoms with Crippen molar-refractivity contribution in [3.8, 4) is 0 Å². The number of amides is 1. The Morgan fingerprint density at radius 2 is 2.26 bits per heavy atom. The predicted octanol–water partition coefficient (Wildman–Crippen LogP) is 2.58. The smallest absolute Gasteiger partial charge is 0.227 e. The van der Waals surface area contributed by atoms with Crippen molar-refractivity contribution < 1.29 is 14.3 Å². The summed E-state index contributed by atoms with van der Waals surface area (Å²) in [6.07, 6.45) is 3.78. The second-order valence-electron chi connectivity index (χ2n) is 6.97. The van der Waals surface area contributed by atoms with Gasteiger partial charge in [-0.2, -0.15) is 0 Å². The Morgan fingerprint density at radius 1 is 1.43 bits per heavy atom. The summed E-state index contributed by atoms with van der Waals surface area (Å²) in [6, 6.07) is 8.13. The lowest BCUT2D eigenvalue weighted by atomic mass is 9.73. The minimum absolute atomic E-state index is 0.0212. The normalized spacial score (nSPS) is 27.6. The monoisotopic (exact) mass is 317 g/mol. The molecular formula is C19H27NO3. The van der Waals surface area contributed by atoms with Gasteiger partial charge in [0.1, 0.15) is 0 Å². The number of piperidine rings is 1. The maximum Gasteiger partial charge on any atom is 0.227 e. The van der Waals surface area contributed by atoms with E-state index in [1.165, 1.54) is 5.56 Å². The van der Waals surface area contributed by atoms with E-state index < -0.39 is 0 Å². The van der Waals surface area contributed by atoms with Gasteiger partial charge in [0, 0.05) is 32.2 Å². The summed E-state index contributed by atoms with van der Waals surface area (Å²) in [5, 5.41) is 0. The molecule has 0 aromatic heterocycles. The minimum Gasteiger partial charge on any atom is -0.384 e. The number of fused-ring (bicyclic) bond motifs is 1. The van der Waals surface area contributed by atoms with Crippen LogP contribution in [0.3, 0.4) is 0 Å². The van der Waals surface area contributed by atoms with Crippen LogP contribution in [-0.4, -0.2) is 50.3 Å². The zero-order valence-corrected chi connectivity index (χ0v) is 14.2. The number of benzene rings is 1. The molecule has 2 atom stereocenters. The van der Waals surface area contributed by atoms with E-state index in [1.54, 1.807) is 7.11 Å². The summed E-state index contributed by atoms with van der Waals surface area (Å²) in [4.78, 5) is 14.8. The molecule has 2 fully saturated rings. The fourth-order valence-electron chi connectivity index (χ4n) is 4.08. The van der Waals surface area contributed by atoms with Gasteiger partial charge >= 0.3 is 0 Å². The second kappa shape index (κ2) is 7.02. The van der Waals surface area contributed by atoms with Gasteiger partial charge in [0.05, 0.1) is 19.1 Å². The molecule has 4 heteroatoms. The average molecular weight is 317 g/mol. The summed E-state index contributed by atoms with van der Waals surface area (Å²) in [5.41, 5.74) is 2.29. The average Bonchev–Trinajstić information content (AvgIpc) is 2.56. The maximum atomic E-state index is 12.8. The molecule has 2 aliphatic rings. The van der Waals surface area contributed by atoms with Crippen LogP contribution in [0.2, 0.25) is 0 Å². The molecule has 0 bridgehead atoms. The third-order valence-corrected chi connectivity index (χ3v) is 5.38. The number of rotatable bonds is 4. The first kappa shape index (κ1) is 16.5. The van der Waals surface area contributed by atoms with Gasteiger partial charge in [0.2, 0.25) is 5.91 Å². The molecule has 0 N–H and O–H groups in total. The number of hydrogen-bond donors (Lipinski definition) is 0. The van der Waals surface area contributed by atoms with Gasteiger partial charge in [-0.05, 0) is 37.3 Å². The van der Waals surface area contributed by atoms with Crippen LogP contribution in [0.5, 0.6) is 0 Å². The molecule has 0 unspecified atom stereocenters. The third-order valence-electron chi connectivity index (χ3n) is 5.38. The Balaban J connectivity index is 1.71. The van der Waals surface area contributed by atoms with Crippen molar-refractivity contribution in [1.29, 1.82) is 0 Å². The van der Waals surface area contributed by atoms with Gasteiger partial charge in [-0.1, -0.05) is 24.3 Å². The molecular weight excluding hydrogens is 290 g/mol. The Morgan fingerprint density at radius 3 is 3.04 bits per heavy atom. The molecule has 2 saturated heterocycles. The molecule has 1 aromatic carbocycles. The minimum atomic E-state index is -0.0212. The summed E-state index contributed by atoms with van der Waals surface area (Å²) in [7, 11) is 1.74. The van der Waals surface area contributed by atoms with Gasteiger partial charge in [-0.25, -0.2) is 0 Å². The highest BCUT2D eigenvalue weighted by molar-refractivity contribution is 5.79. The van der Waals surface area contributed by atoms with Crippen LogP contribution in [-0.2, 0) is 20.7 Å². The van der Waals surface area contributed by atoms with Gasteiger partial charge in [0.15, 0.2) is 0 Å². The van der Waals surface area contributed by atoms with E-state index in [0.717, 1.165) is 44.5 Å². The lowest BCUT2D eigenvalue weighted by Gasteiger charge is -2.50. The highest BCUT2D eigenvalue weighted by Crippen LogP contribution is 2.40. The van der Waals surface area contributed by atoms with Gasteiger partial charge in [0.25, 0.3) is 0 Å². The molecule has 0 saturated carbocycles. The lowest BCUT2D eigenvalue weighted by Crippen LogP contribution is -2.58. The first-order valence-electron chi connectivity index (χ1n) is 8.57. The molecule has 3 rings (SSSR count). The first-order chi connectivity index (χ1) is 11.1. The van der Waals surface area contributed by atoms with Crippen LogP contribution in [0, 0.1) is 12.3 Å². The SMILES string of the molecule is COC[C@@]12CCCO[C@H]1CCN(C(=O)Cc1ccccc1C)C2. The predicted molar refractivity (Wildman–Crippen MR) is 89.4 cm³/mol. The molecule has 1 aromatic rings. The van der Waals surface area contributed by atoms with Crippen LogP contribution in [0.1, 0.15) is 30.4 Å². The number of methoxy groups -OCH3 is 1. The van der Waals surface area contributed by atoms with E-state index in [9.17, 15) is 4.79 Å². The van der Waals surface area contributed by atoms with E-state index >= 15 is 0 Å². The van der Waals surface area contributed by atoms with Crippen LogP contribution < -0.4 is 0 Å². The number of aryl methyl sites for hydroxylation is 1. The number of carbonyl (C=O) groups excluding carboxylic acids is 1. The Kier molecular flexibility index (Phi) is 5.02. The number of likely N-dealkylation sites (tertiary alicyclic amines) is 1. The number of nitrogens with zero attached hydrogens (tertiary/aromatic N) is 1. The Hall–Kier alpha value is -1.39. The first-order valence-corrected chi connectivity index (χ1v) is 8.57. The highest BCUT2D eigenvalue weighted by Gasteiger charge is 2.46. The van der Waals surface area contributed by atoms with E-state index in [0.29, 0.717) is 13.0 Å². The maximum absolute atomic E-state index is 12.8. The standard InChI is InChI=1S/C19H27NO3/c1-15-6-3-4-7-16(15)12-18(21)20-10-8-17-19(13-20,14-22-2)9-5-11-23-17/h3-4,6-7,17H,5,8-14H2,1-2H3/t17-,19-/m0/s1. The lowest BCUT2D eigenvalue weighted by molar-refractivity contribution is -0.161. The van der Waals surface area contributed by atoms with Gasteiger partial charge in [-0.15, -0.1) is 0 Å². The van der Waals surface area contributed by atoms with Crippen molar-refractivity contribution in [2.24, 2.45) is 5.41 Å². The molecule has 0 aliphatic carbocycles. The van der Waals surface area contributed by atoms with Crippen molar-refractivity contribution in [2.75, 3.05) is 33.4 Å². The highest BCUT2D eigenvalue weighted by atomic mass is 16.5. The van der Waals surface area contributed by atoms with E-state index in [2.05, 4.69) is 19.1 Å². The molecule has 4 nitrogen and oxygen atoms in total. The fraction of sp³-hybridized carbons (Fsp3) is 0.632. The molecule has 1 amide bonds. The van der Waals surface area contributed by atoms with Crippen LogP contribution >= 0.6 is 0 Å². The molecule has 126 valence electrons. The topological polar surface area (TPSA) is 38.8 Å². The quantitative estimate of drug-likeness (QED) is 0.857. The zero-order chi connectivity index (χ0) is 16.3. The van der Waals surface area contributed by atoms with Crippen LogP contribution in [0.25, 0.3) is 0 Å². The van der Waals surface area contributed by atoms with E-state index in [1.807, 2.05) is 17.0 Å².